The molecule has 0 fully saturated rings. The van der Waals surface area contributed by atoms with Crippen LogP contribution in [0.2, 0.25) is 0 Å². The van der Waals surface area contributed by atoms with Gasteiger partial charge in [-0.3, -0.25) is 9.36 Å². The standard InChI is InChI=1S/C24H24FN5OS/c1-16-4-9-20(14-17(16)2)30-13-11-27-24(30)32-15-21(31)28-22(23-26-10-12-29(23)3)18-5-7-19(25)8-6-18/h4-14,22H,15H2,1-3H3,(H,28,31). The van der Waals surface area contributed by atoms with E-state index in [0.717, 1.165) is 16.4 Å². The normalized spacial score (nSPS) is 12.0. The molecule has 0 saturated carbocycles. The van der Waals surface area contributed by atoms with E-state index in [0.29, 0.717) is 5.82 Å². The quantitative estimate of drug-likeness (QED) is 0.426. The van der Waals surface area contributed by atoms with E-state index in [1.165, 1.54) is 35.0 Å². The fourth-order valence-corrected chi connectivity index (χ4v) is 4.19. The molecule has 0 saturated heterocycles. The number of hydrogen-bond donors (Lipinski definition) is 1. The van der Waals surface area contributed by atoms with E-state index in [-0.39, 0.29) is 17.5 Å². The van der Waals surface area contributed by atoms with Crippen LogP contribution >= 0.6 is 11.8 Å². The second-order valence-corrected chi connectivity index (χ2v) is 8.53. The lowest BCUT2D eigenvalue weighted by Gasteiger charge is -2.19. The molecule has 2 aromatic heterocycles. The molecule has 1 atom stereocenters. The van der Waals surface area contributed by atoms with Gasteiger partial charge in [0.25, 0.3) is 0 Å². The van der Waals surface area contributed by atoms with Crippen molar-refractivity contribution in [1.29, 1.82) is 0 Å². The average molecular weight is 450 g/mol. The largest absolute Gasteiger partial charge is 0.341 e. The van der Waals surface area contributed by atoms with Gasteiger partial charge >= 0.3 is 0 Å². The number of halogens is 1. The summed E-state index contributed by atoms with van der Waals surface area (Å²) in [6, 6.07) is 11.8. The summed E-state index contributed by atoms with van der Waals surface area (Å²) in [7, 11) is 1.86. The van der Waals surface area contributed by atoms with Crippen molar-refractivity contribution in [3.05, 3.63) is 95.6 Å². The van der Waals surface area contributed by atoms with Crippen LogP contribution in [0.15, 0.2) is 72.4 Å². The number of rotatable bonds is 7. The fraction of sp³-hybridized carbons (Fsp3) is 0.208. The van der Waals surface area contributed by atoms with E-state index in [9.17, 15) is 9.18 Å². The average Bonchev–Trinajstić information content (AvgIpc) is 3.42. The summed E-state index contributed by atoms with van der Waals surface area (Å²) in [4.78, 5) is 21.7. The van der Waals surface area contributed by atoms with Crippen LogP contribution in [-0.4, -0.2) is 30.8 Å². The molecule has 0 bridgehead atoms. The number of nitrogens with zero attached hydrogens (tertiary/aromatic N) is 4. The predicted octanol–water partition coefficient (Wildman–Crippen LogP) is 4.36. The third-order valence-electron chi connectivity index (χ3n) is 5.33. The van der Waals surface area contributed by atoms with Gasteiger partial charge in [0.2, 0.25) is 5.91 Å². The number of carbonyl (C=O) groups excluding carboxylic acids is 1. The highest BCUT2D eigenvalue weighted by molar-refractivity contribution is 7.99. The van der Waals surface area contributed by atoms with Gasteiger partial charge in [-0.1, -0.05) is 30.0 Å². The van der Waals surface area contributed by atoms with Crippen molar-refractivity contribution < 1.29 is 9.18 Å². The van der Waals surface area contributed by atoms with Crippen LogP contribution in [0, 0.1) is 19.7 Å². The van der Waals surface area contributed by atoms with Crippen molar-refractivity contribution in [2.45, 2.75) is 25.0 Å². The van der Waals surface area contributed by atoms with Crippen LogP contribution < -0.4 is 5.32 Å². The highest BCUT2D eigenvalue weighted by Gasteiger charge is 2.21. The number of benzene rings is 2. The minimum Gasteiger partial charge on any atom is -0.341 e. The van der Waals surface area contributed by atoms with Gasteiger partial charge in [0, 0.05) is 37.5 Å². The van der Waals surface area contributed by atoms with Crippen molar-refractivity contribution in [3.8, 4) is 5.69 Å². The molecule has 4 rings (SSSR count). The third-order valence-corrected chi connectivity index (χ3v) is 6.30. The summed E-state index contributed by atoms with van der Waals surface area (Å²) in [5, 5.41) is 3.77. The van der Waals surface area contributed by atoms with Crippen molar-refractivity contribution in [2.75, 3.05) is 5.75 Å². The second kappa shape index (κ2) is 9.40. The molecule has 164 valence electrons. The summed E-state index contributed by atoms with van der Waals surface area (Å²) in [5.41, 5.74) is 4.19. The van der Waals surface area contributed by atoms with Crippen LogP contribution in [-0.2, 0) is 11.8 Å². The topological polar surface area (TPSA) is 64.7 Å². The first kappa shape index (κ1) is 21.8. The van der Waals surface area contributed by atoms with E-state index in [1.54, 1.807) is 24.5 Å². The number of aryl methyl sites for hydroxylation is 3. The molecule has 0 radical (unpaired) electrons. The van der Waals surface area contributed by atoms with Crippen LogP contribution in [0.25, 0.3) is 5.69 Å². The summed E-state index contributed by atoms with van der Waals surface area (Å²) >= 11 is 1.36. The summed E-state index contributed by atoms with van der Waals surface area (Å²) in [6.45, 7) is 4.15. The fourth-order valence-electron chi connectivity index (χ4n) is 3.41. The Morgan fingerprint density at radius 3 is 2.50 bits per heavy atom. The summed E-state index contributed by atoms with van der Waals surface area (Å²) < 4.78 is 17.2. The Morgan fingerprint density at radius 1 is 1.06 bits per heavy atom. The predicted molar refractivity (Wildman–Crippen MR) is 123 cm³/mol. The van der Waals surface area contributed by atoms with Crippen molar-refractivity contribution in [3.63, 3.8) is 0 Å². The molecular weight excluding hydrogens is 425 g/mol. The number of amides is 1. The number of carbonyl (C=O) groups is 1. The Balaban J connectivity index is 1.49. The number of thioether (sulfide) groups is 1. The van der Waals surface area contributed by atoms with E-state index in [4.69, 9.17) is 0 Å². The molecular formula is C24H24FN5OS. The monoisotopic (exact) mass is 449 g/mol. The molecule has 6 nitrogen and oxygen atoms in total. The minimum absolute atomic E-state index is 0.165. The van der Waals surface area contributed by atoms with Gasteiger partial charge in [-0.25, -0.2) is 14.4 Å². The molecule has 0 aliphatic rings. The Bertz CT molecular complexity index is 1230. The van der Waals surface area contributed by atoms with Crippen LogP contribution in [0.3, 0.4) is 0 Å². The third kappa shape index (κ3) is 4.75. The lowest BCUT2D eigenvalue weighted by Crippen LogP contribution is -2.32. The minimum atomic E-state index is -0.483. The van der Waals surface area contributed by atoms with Gasteiger partial charge < -0.3 is 9.88 Å². The zero-order valence-electron chi connectivity index (χ0n) is 18.1. The van der Waals surface area contributed by atoms with Gasteiger partial charge in [0.15, 0.2) is 5.16 Å². The van der Waals surface area contributed by atoms with E-state index in [2.05, 4.69) is 41.3 Å². The lowest BCUT2D eigenvalue weighted by atomic mass is 10.1. The SMILES string of the molecule is Cc1ccc(-n2ccnc2SCC(=O)NC(c2ccc(F)cc2)c2nccn2C)cc1C. The Kier molecular flexibility index (Phi) is 6.41. The van der Waals surface area contributed by atoms with E-state index < -0.39 is 6.04 Å². The zero-order valence-corrected chi connectivity index (χ0v) is 18.9. The van der Waals surface area contributed by atoms with Crippen molar-refractivity contribution in [1.82, 2.24) is 24.4 Å². The molecule has 4 aromatic rings. The molecule has 1 N–H and O–H groups in total. The van der Waals surface area contributed by atoms with Gasteiger partial charge in [0.05, 0.1) is 5.75 Å². The Hall–Kier alpha value is -3.39. The van der Waals surface area contributed by atoms with E-state index >= 15 is 0 Å². The number of hydrogen-bond acceptors (Lipinski definition) is 4. The highest BCUT2D eigenvalue weighted by Crippen LogP contribution is 2.24. The van der Waals surface area contributed by atoms with Gasteiger partial charge in [-0.2, -0.15) is 0 Å². The second-order valence-electron chi connectivity index (χ2n) is 7.59. The van der Waals surface area contributed by atoms with E-state index in [1.807, 2.05) is 34.6 Å². The Labute approximate surface area is 190 Å². The maximum absolute atomic E-state index is 13.4. The van der Waals surface area contributed by atoms with Crippen molar-refractivity contribution in [2.24, 2.45) is 7.05 Å². The highest BCUT2D eigenvalue weighted by atomic mass is 32.2. The van der Waals surface area contributed by atoms with Gasteiger partial charge in [-0.05, 0) is 54.8 Å². The maximum Gasteiger partial charge on any atom is 0.231 e. The molecule has 2 aromatic carbocycles. The lowest BCUT2D eigenvalue weighted by molar-refractivity contribution is -0.119. The molecule has 1 unspecified atom stereocenters. The molecule has 1 amide bonds. The first-order chi connectivity index (χ1) is 15.4. The maximum atomic E-state index is 13.4. The van der Waals surface area contributed by atoms with Crippen LogP contribution in [0.4, 0.5) is 4.39 Å². The smallest absolute Gasteiger partial charge is 0.231 e. The number of nitrogens with one attached hydrogen (secondary N) is 1. The van der Waals surface area contributed by atoms with Gasteiger partial charge in [0.1, 0.15) is 17.7 Å². The zero-order chi connectivity index (χ0) is 22.7. The van der Waals surface area contributed by atoms with Crippen molar-refractivity contribution >= 4 is 17.7 Å². The molecule has 0 spiro atoms. The first-order valence-electron chi connectivity index (χ1n) is 10.2. The van der Waals surface area contributed by atoms with Crippen LogP contribution in [0.5, 0.6) is 0 Å². The summed E-state index contributed by atoms with van der Waals surface area (Å²) in [6.07, 6.45) is 7.10. The molecule has 32 heavy (non-hydrogen) atoms. The van der Waals surface area contributed by atoms with Gasteiger partial charge in [-0.15, -0.1) is 0 Å². The summed E-state index contributed by atoms with van der Waals surface area (Å²) in [5.74, 6) is 0.366. The number of imidazole rings is 2. The molecule has 2 heterocycles. The molecule has 0 aliphatic carbocycles. The van der Waals surface area contributed by atoms with Crippen LogP contribution in [0.1, 0.15) is 28.6 Å². The Morgan fingerprint density at radius 2 is 1.81 bits per heavy atom. The number of aromatic nitrogens is 4. The molecule has 8 heteroatoms. The first-order valence-corrected chi connectivity index (χ1v) is 11.2. The molecule has 0 aliphatic heterocycles.